The van der Waals surface area contributed by atoms with Crippen molar-refractivity contribution < 1.29 is 9.53 Å². The molecule has 6 rings (SSSR count). The van der Waals surface area contributed by atoms with Gasteiger partial charge in [-0.25, -0.2) is 4.98 Å². The van der Waals surface area contributed by atoms with Gasteiger partial charge in [-0.3, -0.25) is 9.69 Å². The van der Waals surface area contributed by atoms with Crippen LogP contribution < -0.4 is 4.74 Å². The zero-order chi connectivity index (χ0) is 20.2. The molecule has 2 saturated heterocycles. The molecule has 0 aliphatic carbocycles. The summed E-state index contributed by atoms with van der Waals surface area (Å²) in [5.74, 6) is 0.956. The number of carbonyl (C=O) groups is 1. The third-order valence-corrected chi connectivity index (χ3v) is 7.11. The number of H-pyrrole nitrogens is 1. The minimum atomic E-state index is 0.200. The van der Waals surface area contributed by atoms with Crippen LogP contribution in [0.2, 0.25) is 0 Å². The van der Waals surface area contributed by atoms with Crippen LogP contribution in [0.15, 0.2) is 42.7 Å². The summed E-state index contributed by atoms with van der Waals surface area (Å²) in [4.78, 5) is 28.4. The molecule has 2 bridgehead atoms. The minimum absolute atomic E-state index is 0.200. The fraction of sp³-hybridized carbons (Fsp3) is 0.318. The predicted octanol–water partition coefficient (Wildman–Crippen LogP) is 3.77. The molecule has 2 aliphatic heterocycles. The van der Waals surface area contributed by atoms with E-state index in [1.54, 1.807) is 13.1 Å². The quantitative estimate of drug-likeness (QED) is 0.545. The van der Waals surface area contributed by atoms with Gasteiger partial charge in [-0.05, 0) is 36.2 Å². The first-order chi connectivity index (χ1) is 14.6. The van der Waals surface area contributed by atoms with Crippen LogP contribution in [0.4, 0.5) is 0 Å². The summed E-state index contributed by atoms with van der Waals surface area (Å²) in [5, 5.41) is 1.80. The van der Waals surface area contributed by atoms with E-state index >= 15 is 0 Å². The second-order valence-corrected chi connectivity index (χ2v) is 9.07. The van der Waals surface area contributed by atoms with Crippen LogP contribution in [-0.2, 0) is 11.3 Å². The van der Waals surface area contributed by atoms with Crippen molar-refractivity contribution in [2.45, 2.75) is 32.0 Å². The van der Waals surface area contributed by atoms with Gasteiger partial charge in [0, 0.05) is 68.0 Å². The first-order valence-electron chi connectivity index (χ1n) is 10.1. The molecular formula is C22H21N5O2S. The van der Waals surface area contributed by atoms with Gasteiger partial charge in [-0.2, -0.15) is 4.98 Å². The monoisotopic (exact) mass is 419 g/mol. The molecule has 0 saturated carbocycles. The average molecular weight is 420 g/mol. The average Bonchev–Trinajstić information content (AvgIpc) is 3.50. The summed E-state index contributed by atoms with van der Waals surface area (Å²) < 4.78 is 7.00. The molecule has 5 heterocycles. The highest BCUT2D eigenvalue weighted by Crippen LogP contribution is 2.35. The van der Waals surface area contributed by atoms with Crippen molar-refractivity contribution in [3.8, 4) is 10.9 Å². The van der Waals surface area contributed by atoms with Crippen LogP contribution in [0.3, 0.4) is 0 Å². The van der Waals surface area contributed by atoms with Crippen LogP contribution in [0.5, 0.6) is 10.9 Å². The Morgan fingerprint density at radius 1 is 1.30 bits per heavy atom. The van der Waals surface area contributed by atoms with E-state index in [0.29, 0.717) is 22.9 Å². The van der Waals surface area contributed by atoms with Crippen LogP contribution in [0.25, 0.3) is 21.3 Å². The van der Waals surface area contributed by atoms with E-state index in [-0.39, 0.29) is 5.91 Å². The number of likely N-dealkylation sites (tertiary alicyclic amines) is 2. The molecule has 3 aromatic heterocycles. The van der Waals surface area contributed by atoms with E-state index in [1.807, 2.05) is 29.2 Å². The third kappa shape index (κ3) is 2.95. The number of amides is 1. The Morgan fingerprint density at radius 3 is 3.03 bits per heavy atom. The van der Waals surface area contributed by atoms with Crippen LogP contribution >= 0.6 is 11.3 Å². The van der Waals surface area contributed by atoms with E-state index in [9.17, 15) is 4.79 Å². The Kier molecular flexibility index (Phi) is 4.04. The molecule has 2 fully saturated rings. The zero-order valence-electron chi connectivity index (χ0n) is 16.5. The molecule has 30 heavy (non-hydrogen) atoms. The summed E-state index contributed by atoms with van der Waals surface area (Å²) in [6.07, 6.45) is 4.92. The van der Waals surface area contributed by atoms with Gasteiger partial charge >= 0.3 is 0 Å². The summed E-state index contributed by atoms with van der Waals surface area (Å²) in [5.41, 5.74) is 3.04. The topological polar surface area (TPSA) is 74.4 Å². The molecule has 2 unspecified atom stereocenters. The maximum absolute atomic E-state index is 11.7. The van der Waals surface area contributed by atoms with Crippen molar-refractivity contribution in [3.63, 3.8) is 0 Å². The number of pyridine rings is 1. The van der Waals surface area contributed by atoms with Crippen molar-refractivity contribution in [1.29, 1.82) is 0 Å². The number of piperazine rings is 1. The van der Waals surface area contributed by atoms with E-state index in [1.165, 1.54) is 22.3 Å². The molecular weight excluding hydrogens is 398 g/mol. The molecule has 2 atom stereocenters. The number of aromatic amines is 1. The molecule has 0 spiro atoms. The number of nitrogens with one attached hydrogen (secondary N) is 1. The molecule has 1 aromatic carbocycles. The Balaban J connectivity index is 1.20. The number of rotatable bonds is 4. The lowest BCUT2D eigenvalue weighted by Gasteiger charge is -2.33. The Bertz CT molecular complexity index is 1230. The van der Waals surface area contributed by atoms with Gasteiger partial charge in [-0.15, -0.1) is 0 Å². The summed E-state index contributed by atoms with van der Waals surface area (Å²) in [6, 6.07) is 10.9. The largest absolute Gasteiger partial charge is 0.431 e. The molecule has 1 N–H and O–H groups in total. The summed E-state index contributed by atoms with van der Waals surface area (Å²) >= 11 is 1.49. The molecule has 152 valence electrons. The number of nitrogens with zero attached hydrogens (tertiary/aromatic N) is 4. The van der Waals surface area contributed by atoms with Crippen molar-refractivity contribution >= 4 is 38.5 Å². The fourth-order valence-corrected chi connectivity index (χ4v) is 5.60. The summed E-state index contributed by atoms with van der Waals surface area (Å²) in [7, 11) is 0. The third-order valence-electron chi connectivity index (χ3n) is 6.22. The first kappa shape index (κ1) is 17.9. The lowest BCUT2D eigenvalue weighted by molar-refractivity contribution is -0.131. The number of ether oxygens (including phenoxy) is 1. The normalized spacial score (nSPS) is 21.2. The Labute approximate surface area is 177 Å². The number of fused-ring (bicyclic) bond motifs is 4. The Hall–Kier alpha value is -2.97. The van der Waals surface area contributed by atoms with Crippen LogP contribution in [0, 0.1) is 0 Å². The predicted molar refractivity (Wildman–Crippen MR) is 116 cm³/mol. The zero-order valence-corrected chi connectivity index (χ0v) is 17.4. The second-order valence-electron chi connectivity index (χ2n) is 8.07. The fourth-order valence-electron chi connectivity index (χ4n) is 4.80. The standard InChI is InChI=1S/C22H21N5O2S/c1-13(28)27-12-15-7-16(27)11-26(15)10-14-9-24-19-8-17(4-5-18(14)19)29-22-25-21-20(30-22)3-2-6-23-21/h2-6,8-9,15-16,24H,7,10-12H2,1H3. The summed E-state index contributed by atoms with van der Waals surface area (Å²) in [6.45, 7) is 4.40. The van der Waals surface area contributed by atoms with Crippen LogP contribution in [0.1, 0.15) is 18.9 Å². The highest BCUT2D eigenvalue weighted by molar-refractivity contribution is 7.20. The molecule has 2 aliphatic rings. The van der Waals surface area contributed by atoms with Gasteiger partial charge in [-0.1, -0.05) is 11.3 Å². The lowest BCUT2D eigenvalue weighted by Crippen LogP contribution is -2.47. The van der Waals surface area contributed by atoms with Crippen molar-refractivity contribution in [1.82, 2.24) is 24.8 Å². The van der Waals surface area contributed by atoms with Gasteiger partial charge in [0.1, 0.15) is 5.75 Å². The molecule has 8 heteroatoms. The second kappa shape index (κ2) is 6.78. The number of carbonyl (C=O) groups excluding carboxylic acids is 1. The van der Waals surface area contributed by atoms with Gasteiger partial charge in [0.25, 0.3) is 5.19 Å². The number of hydrogen-bond acceptors (Lipinski definition) is 6. The Morgan fingerprint density at radius 2 is 2.23 bits per heavy atom. The number of benzene rings is 1. The smallest absolute Gasteiger partial charge is 0.281 e. The van der Waals surface area contributed by atoms with E-state index < -0.39 is 0 Å². The van der Waals surface area contributed by atoms with Crippen LogP contribution in [-0.4, -0.2) is 55.8 Å². The maximum Gasteiger partial charge on any atom is 0.281 e. The molecule has 1 amide bonds. The highest BCUT2D eigenvalue weighted by atomic mass is 32.1. The molecule has 7 nitrogen and oxygen atoms in total. The van der Waals surface area contributed by atoms with Crippen molar-refractivity contribution in [2.24, 2.45) is 0 Å². The minimum Gasteiger partial charge on any atom is -0.431 e. The number of hydrogen-bond donors (Lipinski definition) is 1. The van der Waals surface area contributed by atoms with Gasteiger partial charge in [0.05, 0.1) is 4.70 Å². The molecule has 0 radical (unpaired) electrons. The molecule has 4 aromatic rings. The highest BCUT2D eigenvalue weighted by Gasteiger charge is 2.44. The van der Waals surface area contributed by atoms with Gasteiger partial charge in [0.2, 0.25) is 5.91 Å². The van der Waals surface area contributed by atoms with Gasteiger partial charge < -0.3 is 14.6 Å². The van der Waals surface area contributed by atoms with Crippen molar-refractivity contribution in [3.05, 3.63) is 48.3 Å². The van der Waals surface area contributed by atoms with E-state index in [0.717, 1.165) is 42.0 Å². The lowest BCUT2D eigenvalue weighted by atomic mass is 10.1. The van der Waals surface area contributed by atoms with E-state index in [4.69, 9.17) is 4.74 Å². The maximum atomic E-state index is 11.7. The number of thiazole rings is 1. The van der Waals surface area contributed by atoms with Crippen molar-refractivity contribution in [2.75, 3.05) is 13.1 Å². The van der Waals surface area contributed by atoms with E-state index in [2.05, 4.69) is 32.1 Å². The SMILES string of the molecule is CC(=O)N1CC2CC1CN2Cc1c[nH]c2cc(Oc3nc4ncccc4s3)ccc12. The number of aromatic nitrogens is 3. The first-order valence-corrected chi connectivity index (χ1v) is 11.0. The van der Waals surface area contributed by atoms with Gasteiger partial charge in [0.15, 0.2) is 5.65 Å².